The van der Waals surface area contributed by atoms with Gasteiger partial charge in [-0.25, -0.2) is 15.0 Å². The fraction of sp³-hybridized carbons (Fsp3) is 0.250. The van der Waals surface area contributed by atoms with E-state index in [0.29, 0.717) is 11.0 Å². The van der Waals surface area contributed by atoms with E-state index in [4.69, 9.17) is 5.73 Å². The summed E-state index contributed by atoms with van der Waals surface area (Å²) < 4.78 is 0. The van der Waals surface area contributed by atoms with Gasteiger partial charge in [0.25, 0.3) is 0 Å². The van der Waals surface area contributed by atoms with Gasteiger partial charge in [-0.3, -0.25) is 5.10 Å². The highest BCUT2D eigenvalue weighted by Gasteiger charge is 2.04. The van der Waals surface area contributed by atoms with Gasteiger partial charge in [0.15, 0.2) is 5.16 Å². The summed E-state index contributed by atoms with van der Waals surface area (Å²) in [5, 5.41) is 7.96. The summed E-state index contributed by atoms with van der Waals surface area (Å²) in [6.07, 6.45) is 2.21. The number of aromatic nitrogens is 5. The molecule has 6 nitrogen and oxygen atoms in total. The third-order valence-electron chi connectivity index (χ3n) is 1.68. The Hall–Kier alpha value is -1.63. The van der Waals surface area contributed by atoms with Crippen LogP contribution in [0.2, 0.25) is 0 Å². The average molecular weight is 222 g/mol. The minimum absolute atomic E-state index is 0.476. The van der Waals surface area contributed by atoms with Crippen LogP contribution < -0.4 is 5.73 Å². The van der Waals surface area contributed by atoms with E-state index in [9.17, 15) is 0 Å². The summed E-state index contributed by atoms with van der Waals surface area (Å²) in [6.45, 7) is 1.98. The van der Waals surface area contributed by atoms with Gasteiger partial charge in [0, 0.05) is 12.5 Å². The fourth-order valence-electron chi connectivity index (χ4n) is 1.05. The van der Waals surface area contributed by atoms with Crippen molar-refractivity contribution in [3.63, 3.8) is 0 Å². The van der Waals surface area contributed by atoms with Crippen molar-refractivity contribution in [2.75, 3.05) is 5.73 Å². The lowest BCUT2D eigenvalue weighted by molar-refractivity contribution is 0.889. The molecule has 2 aromatic rings. The molecule has 0 saturated carbocycles. The minimum atomic E-state index is 0.476. The quantitative estimate of drug-likeness (QED) is 0.749. The molecule has 0 aliphatic carbocycles. The van der Waals surface area contributed by atoms with Crippen LogP contribution in [0.1, 0.15) is 12.7 Å². The van der Waals surface area contributed by atoms with E-state index in [0.717, 1.165) is 17.3 Å². The second-order valence-electron chi connectivity index (χ2n) is 2.79. The zero-order valence-electron chi connectivity index (χ0n) is 8.14. The number of hydrogen-bond acceptors (Lipinski definition) is 6. The maximum atomic E-state index is 5.65. The van der Waals surface area contributed by atoms with Gasteiger partial charge in [0.2, 0.25) is 0 Å². The van der Waals surface area contributed by atoms with Crippen LogP contribution in [0.5, 0.6) is 0 Å². The zero-order chi connectivity index (χ0) is 10.7. The smallest absolute Gasteiger partial charge is 0.189 e. The molecule has 0 aromatic carbocycles. The predicted octanol–water partition coefficient (Wildman–Crippen LogP) is 0.891. The number of nitrogen functional groups attached to an aromatic ring is 1. The highest BCUT2D eigenvalue weighted by atomic mass is 32.2. The Labute approximate surface area is 90.7 Å². The number of nitrogens with one attached hydrogen (secondary N) is 1. The molecule has 0 aliphatic rings. The molecule has 0 fully saturated rings. The number of nitrogens with zero attached hydrogens (tertiary/aromatic N) is 4. The Kier molecular flexibility index (Phi) is 2.82. The van der Waals surface area contributed by atoms with Crippen LogP contribution in [-0.2, 0) is 6.42 Å². The van der Waals surface area contributed by atoms with Crippen molar-refractivity contribution in [3.8, 4) is 0 Å². The van der Waals surface area contributed by atoms with Crippen LogP contribution in [-0.4, -0.2) is 25.1 Å². The van der Waals surface area contributed by atoms with E-state index in [1.165, 1.54) is 18.1 Å². The maximum absolute atomic E-state index is 5.65. The van der Waals surface area contributed by atoms with Gasteiger partial charge in [-0.2, -0.15) is 5.10 Å². The molecule has 15 heavy (non-hydrogen) atoms. The topological polar surface area (TPSA) is 93.4 Å². The van der Waals surface area contributed by atoms with Crippen molar-refractivity contribution in [2.24, 2.45) is 0 Å². The number of H-pyrrole nitrogens is 1. The summed E-state index contributed by atoms with van der Waals surface area (Å²) in [4.78, 5) is 12.4. The van der Waals surface area contributed by atoms with Crippen LogP contribution in [0.15, 0.2) is 22.6 Å². The summed E-state index contributed by atoms with van der Waals surface area (Å²) >= 11 is 1.38. The molecule has 0 spiro atoms. The predicted molar refractivity (Wildman–Crippen MR) is 56.3 cm³/mol. The van der Waals surface area contributed by atoms with Gasteiger partial charge in [0.1, 0.15) is 23.0 Å². The van der Waals surface area contributed by atoms with Gasteiger partial charge >= 0.3 is 0 Å². The van der Waals surface area contributed by atoms with Crippen molar-refractivity contribution in [1.82, 2.24) is 25.1 Å². The van der Waals surface area contributed by atoms with Crippen LogP contribution in [0.4, 0.5) is 5.82 Å². The molecule has 7 heteroatoms. The highest BCUT2D eigenvalue weighted by Crippen LogP contribution is 2.22. The molecule has 78 valence electrons. The van der Waals surface area contributed by atoms with Gasteiger partial charge < -0.3 is 5.73 Å². The summed E-state index contributed by atoms with van der Waals surface area (Å²) in [5.41, 5.74) is 5.65. The van der Waals surface area contributed by atoms with E-state index in [-0.39, 0.29) is 0 Å². The molecule has 0 amide bonds. The fourth-order valence-corrected chi connectivity index (χ4v) is 1.77. The third-order valence-corrected chi connectivity index (χ3v) is 2.49. The first kappa shape index (κ1) is 9.91. The molecule has 0 atom stereocenters. The third kappa shape index (κ3) is 2.44. The van der Waals surface area contributed by atoms with Crippen LogP contribution in [0.25, 0.3) is 0 Å². The molecular formula is C8H10N6S. The standard InChI is InChI=1S/C8H10N6S/c1-2-6-12-5(9)3-7(13-6)15-8-10-4-11-14-8/h3-4H,2H2,1H3,(H2,9,12,13)(H,10,11,14). The molecule has 0 saturated heterocycles. The van der Waals surface area contributed by atoms with Gasteiger partial charge in [-0.1, -0.05) is 6.92 Å². The van der Waals surface area contributed by atoms with Gasteiger partial charge in [-0.15, -0.1) is 0 Å². The van der Waals surface area contributed by atoms with Crippen molar-refractivity contribution >= 4 is 17.6 Å². The van der Waals surface area contributed by atoms with Crippen LogP contribution in [0, 0.1) is 0 Å². The molecular weight excluding hydrogens is 212 g/mol. The normalized spacial score (nSPS) is 10.5. The molecule has 2 rings (SSSR count). The molecule has 2 heterocycles. The highest BCUT2D eigenvalue weighted by molar-refractivity contribution is 7.99. The molecule has 3 N–H and O–H groups in total. The second kappa shape index (κ2) is 4.26. The SMILES string of the molecule is CCc1nc(N)cc(Sc2ncn[nH]2)n1. The van der Waals surface area contributed by atoms with Gasteiger partial charge in [-0.05, 0) is 11.8 Å². The summed E-state index contributed by atoms with van der Waals surface area (Å²) in [6, 6.07) is 1.71. The van der Waals surface area contributed by atoms with Crippen molar-refractivity contribution < 1.29 is 0 Å². The van der Waals surface area contributed by atoms with E-state index < -0.39 is 0 Å². The number of nitrogens with two attached hydrogens (primary N) is 1. The lowest BCUT2D eigenvalue weighted by Crippen LogP contribution is -1.99. The lowest BCUT2D eigenvalue weighted by atomic mass is 10.4. The number of aromatic amines is 1. The molecule has 0 aliphatic heterocycles. The number of aryl methyl sites for hydroxylation is 1. The van der Waals surface area contributed by atoms with E-state index in [1.54, 1.807) is 6.07 Å². The maximum Gasteiger partial charge on any atom is 0.189 e. The Morgan fingerprint density at radius 2 is 2.33 bits per heavy atom. The largest absolute Gasteiger partial charge is 0.384 e. The number of rotatable bonds is 3. The summed E-state index contributed by atoms with van der Waals surface area (Å²) in [7, 11) is 0. The minimum Gasteiger partial charge on any atom is -0.384 e. The van der Waals surface area contributed by atoms with Crippen molar-refractivity contribution in [2.45, 2.75) is 23.5 Å². The van der Waals surface area contributed by atoms with Crippen LogP contribution >= 0.6 is 11.8 Å². The Morgan fingerprint density at radius 3 is 3.00 bits per heavy atom. The number of anilines is 1. The lowest BCUT2D eigenvalue weighted by Gasteiger charge is -2.01. The molecule has 0 bridgehead atoms. The Morgan fingerprint density at radius 1 is 1.47 bits per heavy atom. The van der Waals surface area contributed by atoms with Crippen molar-refractivity contribution in [3.05, 3.63) is 18.2 Å². The average Bonchev–Trinajstić information content (AvgIpc) is 2.69. The van der Waals surface area contributed by atoms with E-state index in [2.05, 4.69) is 25.1 Å². The zero-order valence-corrected chi connectivity index (χ0v) is 8.95. The summed E-state index contributed by atoms with van der Waals surface area (Å²) in [5.74, 6) is 1.21. The second-order valence-corrected chi connectivity index (χ2v) is 3.80. The number of hydrogen-bond donors (Lipinski definition) is 2. The van der Waals surface area contributed by atoms with E-state index in [1.807, 2.05) is 6.92 Å². The first-order valence-electron chi connectivity index (χ1n) is 4.44. The molecule has 0 unspecified atom stereocenters. The molecule has 0 radical (unpaired) electrons. The molecule has 2 aromatic heterocycles. The van der Waals surface area contributed by atoms with E-state index >= 15 is 0 Å². The van der Waals surface area contributed by atoms with Crippen molar-refractivity contribution in [1.29, 1.82) is 0 Å². The monoisotopic (exact) mass is 222 g/mol. The first-order valence-corrected chi connectivity index (χ1v) is 5.26. The Bertz CT molecular complexity index is 440. The first-order chi connectivity index (χ1) is 7.28. The van der Waals surface area contributed by atoms with Gasteiger partial charge in [0.05, 0.1) is 0 Å². The Balaban J connectivity index is 2.24. The van der Waals surface area contributed by atoms with Crippen LogP contribution in [0.3, 0.4) is 0 Å².